The fraction of sp³-hybridized carbons (Fsp3) is 0.289. The fourth-order valence-electron chi connectivity index (χ4n) is 12.2. The van der Waals surface area contributed by atoms with E-state index in [0.717, 1.165) is 77.9 Å². The molecule has 0 saturated carbocycles. The number of esters is 1. The van der Waals surface area contributed by atoms with Crippen LogP contribution in [0.2, 0.25) is 0 Å². The summed E-state index contributed by atoms with van der Waals surface area (Å²) in [5.41, 5.74) is 10.3. The topological polar surface area (TPSA) is 157 Å². The Morgan fingerprint density at radius 3 is 1.06 bits per heavy atom. The molecule has 3 N–H and O–H groups in total. The van der Waals surface area contributed by atoms with Gasteiger partial charge in [0.2, 0.25) is 0 Å². The first-order chi connectivity index (χ1) is 43.8. The molecule has 5 saturated heterocycles. The second kappa shape index (κ2) is 36.1. The molecule has 0 amide bonds. The summed E-state index contributed by atoms with van der Waals surface area (Å²) in [5.74, 6) is 1.36. The van der Waals surface area contributed by atoms with Gasteiger partial charge in [-0.05, 0) is 44.5 Å². The van der Waals surface area contributed by atoms with Crippen molar-refractivity contribution in [2.45, 2.75) is 36.8 Å². The molecule has 0 spiro atoms. The molecule has 1 aromatic heterocycles. The number of ether oxygens (including phenoxy) is 1. The minimum absolute atomic E-state index is 0. The minimum Gasteiger partial charge on any atom is -0.512 e. The van der Waals surface area contributed by atoms with Gasteiger partial charge in [-0.1, -0.05) is 243 Å². The van der Waals surface area contributed by atoms with E-state index < -0.39 is 0 Å². The first-order valence-electron chi connectivity index (χ1n) is 30.9. The van der Waals surface area contributed by atoms with Crippen LogP contribution < -0.4 is 34.9 Å². The average molecular weight is 1210 g/mol. The number of imidazole rings is 1. The van der Waals surface area contributed by atoms with Crippen molar-refractivity contribution in [2.75, 3.05) is 79.2 Å². The van der Waals surface area contributed by atoms with Crippen LogP contribution in [-0.4, -0.2) is 131 Å². The standard InChI is InChI=1S/C18H19NO2.C17H16N2.C17H19NO.C16H17NO.C7H11N3.CN.Na/c1-21-18(20)16-12-19(13-16)17(14-8-4-2-5-9-14)15-10-6-3-7-11-15;18-11-14-12-19(13-14)17(15-7-3-1-4-8-15)16-9-5-2-6-10-16;19-13-14-11-18(12-14)17(15-7-3-1-4-8-15)16-9-5-2-6-10-16;18-15-11-17(12-15)16(13-7-3-1-4-8-13)14-9-5-2-6-10-14;1-2-10(6-8-1)5-7-3-9-4-7;1-2;/h2-11,16-17H,12-13H2,1H3;1-10,14,17H,12-13H2;1-10,14,17,19H,11-13H2;1-10,15-16,18H,11-12H2;1-2,6-7,9H,3-5H2;;/q;;;;;-1;+1. The van der Waals surface area contributed by atoms with E-state index >= 15 is 0 Å². The molecule has 0 radical (unpaired) electrons. The van der Waals surface area contributed by atoms with Crippen molar-refractivity contribution in [3.8, 4) is 6.07 Å². The first kappa shape index (κ1) is 68.1. The van der Waals surface area contributed by atoms with Gasteiger partial charge in [0.15, 0.2) is 0 Å². The molecule has 5 aliphatic rings. The second-order valence-electron chi connectivity index (χ2n) is 23.2. The number of hydrogen-bond donors (Lipinski definition) is 3. The SMILES string of the molecule is COC(=O)C1CN(C(c2ccccc2)c2ccccc2)C1.N#CC1CN(C(c2ccccc2)c2ccccc2)C1.OC1CN(C(c2ccccc2)c2ccccc2)C1.OCC1CN(C(c2ccccc2)c2ccccc2)C1.[C-]#N.[Na+].c1cn(CC2CNC2)cn1. The number of aliphatic hydroxyl groups excluding tert-OH is 2. The molecule has 0 aliphatic carbocycles. The zero-order chi connectivity index (χ0) is 62.0. The molecule has 90 heavy (non-hydrogen) atoms. The average Bonchev–Trinajstić information content (AvgIpc) is 1.30. The van der Waals surface area contributed by atoms with Crippen molar-refractivity contribution in [2.24, 2.45) is 23.7 Å². The molecule has 9 aromatic rings. The van der Waals surface area contributed by atoms with Gasteiger partial charge in [0.05, 0.1) is 61.6 Å². The summed E-state index contributed by atoms with van der Waals surface area (Å²) in [6.07, 6.45) is 5.54. The van der Waals surface area contributed by atoms with Crippen molar-refractivity contribution >= 4 is 5.97 Å². The van der Waals surface area contributed by atoms with E-state index in [1.165, 1.54) is 51.6 Å². The predicted octanol–water partition coefficient (Wildman–Crippen LogP) is 8.47. The molecule has 14 rings (SSSR count). The van der Waals surface area contributed by atoms with E-state index in [0.29, 0.717) is 18.6 Å². The fourth-order valence-corrected chi connectivity index (χ4v) is 12.2. The number of aromatic nitrogens is 2. The van der Waals surface area contributed by atoms with E-state index in [2.05, 4.69) is 247 Å². The molecule has 5 aliphatic heterocycles. The summed E-state index contributed by atoms with van der Waals surface area (Å²) in [6.45, 7) is 15.2. The number of benzene rings is 8. The van der Waals surface area contributed by atoms with Gasteiger partial charge in [-0.25, -0.2) is 4.98 Å². The summed E-state index contributed by atoms with van der Waals surface area (Å²) < 4.78 is 6.96. The molecular weight excluding hydrogens is 1130 g/mol. The number of aliphatic hydroxyl groups is 2. The van der Waals surface area contributed by atoms with Crippen LogP contribution in [0.1, 0.15) is 68.7 Å². The number of β-amino-alcohol motifs (C(OH)–C–C–N with tert-alkyl or cyclic N) is 1. The van der Waals surface area contributed by atoms with E-state index in [1.807, 2.05) is 55.1 Å². The molecule has 0 unspecified atom stereocenters. The second-order valence-corrected chi connectivity index (χ2v) is 23.2. The summed E-state index contributed by atoms with van der Waals surface area (Å²) >= 11 is 0. The Balaban J connectivity index is 0.000000146. The summed E-state index contributed by atoms with van der Waals surface area (Å²) in [4.78, 5) is 25.0. The molecular formula is C76H82N9NaO4. The van der Waals surface area contributed by atoms with Crippen molar-refractivity contribution in [3.05, 3.63) is 312 Å². The van der Waals surface area contributed by atoms with Gasteiger partial charge in [-0.15, -0.1) is 0 Å². The Labute approximate surface area is 554 Å². The number of methoxy groups -OCH3 is 1. The van der Waals surface area contributed by atoms with E-state index in [4.69, 9.17) is 21.8 Å². The number of nitriles is 1. The van der Waals surface area contributed by atoms with Crippen LogP contribution in [-0.2, 0) is 16.1 Å². The Morgan fingerprint density at radius 2 is 0.811 bits per heavy atom. The van der Waals surface area contributed by atoms with Gasteiger partial charge in [-0.3, -0.25) is 24.4 Å². The zero-order valence-electron chi connectivity index (χ0n) is 51.8. The summed E-state index contributed by atoms with van der Waals surface area (Å²) in [6, 6.07) is 87.5. The van der Waals surface area contributed by atoms with Gasteiger partial charge in [0, 0.05) is 103 Å². The maximum Gasteiger partial charge on any atom is 1.00 e. The molecule has 13 nitrogen and oxygen atoms in total. The van der Waals surface area contributed by atoms with Gasteiger partial charge in [0.25, 0.3) is 0 Å². The maximum absolute atomic E-state index is 11.6. The Kier molecular flexibility index (Phi) is 27.3. The zero-order valence-corrected chi connectivity index (χ0v) is 53.8. The number of carbonyl (C=O) groups excluding carboxylic acids is 1. The normalized spacial score (nSPS) is 16.0. The minimum atomic E-state index is -0.167. The Hall–Kier alpha value is -7.86. The third-order valence-corrected chi connectivity index (χ3v) is 16.9. The molecule has 0 atom stereocenters. The summed E-state index contributed by atoms with van der Waals surface area (Å²) in [7, 11) is 1.46. The predicted molar refractivity (Wildman–Crippen MR) is 350 cm³/mol. The molecule has 5 fully saturated rings. The van der Waals surface area contributed by atoms with Crippen LogP contribution in [0.25, 0.3) is 0 Å². The molecule has 8 aromatic carbocycles. The van der Waals surface area contributed by atoms with Crippen LogP contribution in [0, 0.1) is 46.8 Å². The Bertz CT molecular complexity index is 3300. The van der Waals surface area contributed by atoms with E-state index in [1.54, 1.807) is 0 Å². The number of hydrogen-bond acceptors (Lipinski definition) is 12. The van der Waals surface area contributed by atoms with Crippen molar-refractivity contribution in [1.82, 2.24) is 34.5 Å². The Morgan fingerprint density at radius 1 is 0.511 bits per heavy atom. The van der Waals surface area contributed by atoms with Crippen LogP contribution in [0.3, 0.4) is 0 Å². The maximum atomic E-state index is 11.6. The van der Waals surface area contributed by atoms with E-state index in [9.17, 15) is 15.0 Å². The van der Waals surface area contributed by atoms with Gasteiger partial charge < -0.3 is 36.7 Å². The molecule has 6 heterocycles. The van der Waals surface area contributed by atoms with Crippen LogP contribution in [0.5, 0.6) is 0 Å². The van der Waals surface area contributed by atoms with Crippen molar-refractivity contribution in [1.29, 1.82) is 10.5 Å². The third kappa shape index (κ3) is 18.9. The van der Waals surface area contributed by atoms with Gasteiger partial charge >= 0.3 is 35.5 Å². The molecule has 14 heteroatoms. The van der Waals surface area contributed by atoms with Crippen molar-refractivity contribution < 1.29 is 49.3 Å². The van der Waals surface area contributed by atoms with E-state index in [-0.39, 0.29) is 71.6 Å². The van der Waals surface area contributed by atoms with Gasteiger partial charge in [-0.2, -0.15) is 5.26 Å². The quantitative estimate of drug-likeness (QED) is 0.0483. The summed E-state index contributed by atoms with van der Waals surface area (Å²) in [5, 5.41) is 37.2. The number of likely N-dealkylation sites (tertiary alicyclic amines) is 4. The molecule has 0 bridgehead atoms. The van der Waals surface area contributed by atoms with Crippen LogP contribution >= 0.6 is 0 Å². The largest absolute Gasteiger partial charge is 1.00 e. The monoisotopic (exact) mass is 1210 g/mol. The number of carbonyl (C=O) groups is 1. The number of rotatable bonds is 16. The number of nitrogens with one attached hydrogen (secondary N) is 1. The van der Waals surface area contributed by atoms with Gasteiger partial charge in [0.1, 0.15) is 0 Å². The molecule has 456 valence electrons. The number of nitrogens with zero attached hydrogens (tertiary/aromatic N) is 8. The van der Waals surface area contributed by atoms with Crippen LogP contribution in [0.4, 0.5) is 0 Å². The smallest absolute Gasteiger partial charge is 0.512 e. The van der Waals surface area contributed by atoms with Crippen molar-refractivity contribution in [3.63, 3.8) is 0 Å². The van der Waals surface area contributed by atoms with Crippen LogP contribution in [0.15, 0.2) is 261 Å². The first-order valence-corrected chi connectivity index (χ1v) is 30.9. The third-order valence-electron chi connectivity index (χ3n) is 16.9.